The van der Waals surface area contributed by atoms with E-state index in [0.717, 1.165) is 5.56 Å². The van der Waals surface area contributed by atoms with Crippen LogP contribution < -0.4 is 16.3 Å². The number of amides is 3. The van der Waals surface area contributed by atoms with Crippen LogP contribution in [0.3, 0.4) is 0 Å². The molecule has 0 bridgehead atoms. The van der Waals surface area contributed by atoms with Gasteiger partial charge in [0.15, 0.2) is 5.76 Å². The zero-order chi connectivity index (χ0) is 21.6. The fourth-order valence-corrected chi connectivity index (χ4v) is 3.59. The lowest BCUT2D eigenvalue weighted by molar-refractivity contribution is 0.0676. The Bertz CT molecular complexity index is 1100. The van der Waals surface area contributed by atoms with Gasteiger partial charge in [-0.25, -0.2) is 14.6 Å². The van der Waals surface area contributed by atoms with Crippen molar-refractivity contribution in [2.24, 2.45) is 0 Å². The summed E-state index contributed by atoms with van der Waals surface area (Å²) in [5, 5.41) is 5.80. The molecule has 9 heteroatoms. The largest absolute Gasteiger partial charge is 0.459 e. The predicted octanol–water partition coefficient (Wildman–Crippen LogP) is 2.31. The number of furan rings is 1. The third-order valence-electron chi connectivity index (χ3n) is 5.17. The lowest BCUT2D eigenvalue weighted by Gasteiger charge is -2.31. The Kier molecular flexibility index (Phi) is 6.11. The molecule has 1 aliphatic rings. The normalized spacial score (nSPS) is 14.3. The van der Waals surface area contributed by atoms with Crippen molar-refractivity contribution in [1.82, 2.24) is 19.8 Å². The summed E-state index contributed by atoms with van der Waals surface area (Å²) in [7, 11) is 0. The highest BCUT2D eigenvalue weighted by Gasteiger charge is 2.25. The third-order valence-corrected chi connectivity index (χ3v) is 5.17. The van der Waals surface area contributed by atoms with Crippen LogP contribution >= 0.6 is 0 Å². The van der Waals surface area contributed by atoms with Crippen LogP contribution in [0.2, 0.25) is 0 Å². The molecule has 1 aromatic carbocycles. The van der Waals surface area contributed by atoms with Crippen molar-refractivity contribution in [2.75, 3.05) is 18.4 Å². The van der Waals surface area contributed by atoms with E-state index in [2.05, 4.69) is 15.6 Å². The van der Waals surface area contributed by atoms with Gasteiger partial charge in [-0.05, 0) is 48.7 Å². The molecule has 4 rings (SSSR count). The molecule has 31 heavy (non-hydrogen) atoms. The van der Waals surface area contributed by atoms with Gasteiger partial charge in [0.1, 0.15) is 0 Å². The number of anilines is 1. The minimum absolute atomic E-state index is 0.0159. The minimum Gasteiger partial charge on any atom is -0.459 e. The van der Waals surface area contributed by atoms with Gasteiger partial charge in [0.2, 0.25) is 0 Å². The number of piperidine rings is 1. The van der Waals surface area contributed by atoms with Gasteiger partial charge < -0.3 is 20.0 Å². The van der Waals surface area contributed by atoms with Gasteiger partial charge in [-0.1, -0.05) is 12.1 Å². The highest BCUT2D eigenvalue weighted by atomic mass is 16.3. The fourth-order valence-electron chi connectivity index (χ4n) is 3.59. The van der Waals surface area contributed by atoms with Gasteiger partial charge in [-0.3, -0.25) is 9.36 Å². The first-order chi connectivity index (χ1) is 15.1. The third kappa shape index (κ3) is 5.19. The number of carbonyl (C=O) groups is 2. The number of benzene rings is 1. The molecule has 0 radical (unpaired) electrons. The Morgan fingerprint density at radius 1 is 1.13 bits per heavy atom. The first kappa shape index (κ1) is 20.4. The summed E-state index contributed by atoms with van der Waals surface area (Å²) in [6.07, 6.45) is 5.95. The van der Waals surface area contributed by atoms with E-state index in [1.165, 1.54) is 17.0 Å². The smallest absolute Gasteiger partial charge is 0.347 e. The number of carbonyl (C=O) groups excluding carboxylic acids is 2. The molecule has 0 unspecified atom stereocenters. The van der Waals surface area contributed by atoms with E-state index in [4.69, 9.17) is 4.42 Å². The van der Waals surface area contributed by atoms with Crippen molar-refractivity contribution in [3.63, 3.8) is 0 Å². The van der Waals surface area contributed by atoms with Crippen molar-refractivity contribution in [3.8, 4) is 0 Å². The number of nitrogens with zero attached hydrogens (tertiary/aromatic N) is 3. The van der Waals surface area contributed by atoms with Gasteiger partial charge in [0, 0.05) is 37.2 Å². The lowest BCUT2D eigenvalue weighted by Crippen LogP contribution is -2.47. The molecule has 9 nitrogen and oxygen atoms in total. The SMILES string of the molecule is O=C(Nc1cccc(Cn2cccnc2=O)c1)NC1CCN(C(=O)c2ccco2)CC1. The molecule has 0 spiro atoms. The summed E-state index contributed by atoms with van der Waals surface area (Å²) in [6, 6.07) is 12.0. The number of likely N-dealkylation sites (tertiary alicyclic amines) is 1. The highest BCUT2D eigenvalue weighted by molar-refractivity contribution is 5.91. The average molecular weight is 421 g/mol. The maximum Gasteiger partial charge on any atom is 0.347 e. The van der Waals surface area contributed by atoms with Gasteiger partial charge in [0.25, 0.3) is 5.91 Å². The molecule has 1 aliphatic heterocycles. The van der Waals surface area contributed by atoms with E-state index in [0.29, 0.717) is 43.9 Å². The van der Waals surface area contributed by atoms with Crippen LogP contribution in [-0.4, -0.2) is 45.5 Å². The topological polar surface area (TPSA) is 109 Å². The molecular weight excluding hydrogens is 398 g/mol. The van der Waals surface area contributed by atoms with Crippen LogP contribution in [0.5, 0.6) is 0 Å². The molecule has 2 aromatic heterocycles. The number of hydrogen-bond acceptors (Lipinski definition) is 5. The molecule has 0 atom stereocenters. The Labute approximate surface area is 178 Å². The Morgan fingerprint density at radius 3 is 2.71 bits per heavy atom. The van der Waals surface area contributed by atoms with Crippen molar-refractivity contribution < 1.29 is 14.0 Å². The van der Waals surface area contributed by atoms with E-state index >= 15 is 0 Å². The van der Waals surface area contributed by atoms with E-state index in [1.807, 2.05) is 18.2 Å². The van der Waals surface area contributed by atoms with Crippen molar-refractivity contribution in [1.29, 1.82) is 0 Å². The predicted molar refractivity (Wildman–Crippen MR) is 114 cm³/mol. The van der Waals surface area contributed by atoms with Crippen LogP contribution in [-0.2, 0) is 6.54 Å². The standard InChI is InChI=1S/C22H23N5O4/c28-20(19-6-2-13-31-19)26-11-7-17(8-12-26)24-21(29)25-18-5-1-4-16(14-18)15-27-10-3-9-23-22(27)30/h1-6,9-10,13-14,17H,7-8,11-12,15H2,(H2,24,25,29). The molecule has 0 saturated carbocycles. The summed E-state index contributed by atoms with van der Waals surface area (Å²) in [5.41, 5.74) is 1.19. The number of rotatable bonds is 5. The van der Waals surface area contributed by atoms with Gasteiger partial charge >= 0.3 is 11.7 Å². The highest BCUT2D eigenvalue weighted by Crippen LogP contribution is 2.15. The van der Waals surface area contributed by atoms with Gasteiger partial charge in [-0.2, -0.15) is 0 Å². The monoisotopic (exact) mass is 421 g/mol. The Hall–Kier alpha value is -3.88. The molecule has 1 saturated heterocycles. The van der Waals surface area contributed by atoms with Crippen LogP contribution in [0.1, 0.15) is 29.0 Å². The molecule has 3 aromatic rings. The zero-order valence-electron chi connectivity index (χ0n) is 16.9. The number of aromatic nitrogens is 2. The second kappa shape index (κ2) is 9.29. The zero-order valence-corrected chi connectivity index (χ0v) is 16.9. The number of hydrogen-bond donors (Lipinski definition) is 2. The van der Waals surface area contributed by atoms with Crippen LogP contribution in [0.25, 0.3) is 0 Å². The molecule has 0 aliphatic carbocycles. The molecule has 2 N–H and O–H groups in total. The van der Waals surface area contributed by atoms with Crippen LogP contribution in [0, 0.1) is 0 Å². The Balaban J connectivity index is 1.28. The summed E-state index contributed by atoms with van der Waals surface area (Å²) in [6.45, 7) is 1.48. The molecule has 1 fully saturated rings. The second-order valence-electron chi connectivity index (χ2n) is 7.37. The second-order valence-corrected chi connectivity index (χ2v) is 7.37. The molecule has 3 amide bonds. The first-order valence-corrected chi connectivity index (χ1v) is 10.1. The summed E-state index contributed by atoms with van der Waals surface area (Å²) >= 11 is 0. The van der Waals surface area contributed by atoms with E-state index in [9.17, 15) is 14.4 Å². The first-order valence-electron chi connectivity index (χ1n) is 10.1. The summed E-state index contributed by atoms with van der Waals surface area (Å²) in [4.78, 5) is 42.0. The van der Waals surface area contributed by atoms with Crippen LogP contribution in [0.4, 0.5) is 10.5 Å². The van der Waals surface area contributed by atoms with E-state index < -0.39 is 0 Å². The van der Waals surface area contributed by atoms with Gasteiger partial charge in [-0.15, -0.1) is 0 Å². The summed E-state index contributed by atoms with van der Waals surface area (Å²) < 4.78 is 6.66. The van der Waals surface area contributed by atoms with Crippen molar-refractivity contribution in [3.05, 3.63) is 82.9 Å². The van der Waals surface area contributed by atoms with Gasteiger partial charge in [0.05, 0.1) is 12.8 Å². The maximum atomic E-state index is 12.4. The van der Waals surface area contributed by atoms with Crippen LogP contribution in [0.15, 0.2) is 70.3 Å². The van der Waals surface area contributed by atoms with Crippen molar-refractivity contribution >= 4 is 17.6 Å². The molecule has 160 valence electrons. The lowest BCUT2D eigenvalue weighted by atomic mass is 10.0. The minimum atomic E-state index is -0.324. The molecular formula is C22H23N5O4. The quantitative estimate of drug-likeness (QED) is 0.657. The summed E-state index contributed by atoms with van der Waals surface area (Å²) in [5.74, 6) is 0.204. The average Bonchev–Trinajstić information content (AvgIpc) is 3.31. The maximum absolute atomic E-state index is 12.4. The fraction of sp³-hybridized carbons (Fsp3) is 0.273. The van der Waals surface area contributed by atoms with Crippen molar-refractivity contribution in [2.45, 2.75) is 25.4 Å². The number of urea groups is 1. The van der Waals surface area contributed by atoms with E-state index in [-0.39, 0.29) is 23.7 Å². The number of nitrogens with one attached hydrogen (secondary N) is 2. The van der Waals surface area contributed by atoms with E-state index in [1.54, 1.807) is 35.4 Å². The Morgan fingerprint density at radius 2 is 1.97 bits per heavy atom. The molecule has 3 heterocycles.